The highest BCUT2D eigenvalue weighted by molar-refractivity contribution is 5.93. The molecule has 0 saturated carbocycles. The third kappa shape index (κ3) is 2.70. The fraction of sp³-hybridized carbons (Fsp3) is 0.167. The van der Waals surface area contributed by atoms with E-state index in [1.165, 1.54) is 18.0 Å². The first-order valence-electron chi connectivity index (χ1n) is 5.08. The van der Waals surface area contributed by atoms with Crippen molar-refractivity contribution in [3.63, 3.8) is 0 Å². The van der Waals surface area contributed by atoms with Gasteiger partial charge in [0.15, 0.2) is 0 Å². The molecule has 2 rings (SSSR count). The third-order valence-corrected chi connectivity index (χ3v) is 2.24. The zero-order valence-corrected chi connectivity index (χ0v) is 8.72. The highest BCUT2D eigenvalue weighted by Gasteiger charge is 2.06. The molecule has 0 fully saturated rings. The van der Waals surface area contributed by atoms with Gasteiger partial charge in [-0.05, 0) is 12.0 Å². The Morgan fingerprint density at radius 2 is 2.12 bits per heavy atom. The molecule has 0 spiro atoms. The molecule has 1 N–H and O–H groups in total. The second kappa shape index (κ2) is 5.11. The first kappa shape index (κ1) is 10.4. The second-order valence-corrected chi connectivity index (χ2v) is 3.40. The van der Waals surface area contributed by atoms with Gasteiger partial charge >= 0.3 is 0 Å². The van der Waals surface area contributed by atoms with Gasteiger partial charge in [-0.25, -0.2) is 0 Å². The molecule has 1 aromatic carbocycles. The minimum Gasteiger partial charge on any atom is -0.364 e. The molecule has 1 heterocycles. The van der Waals surface area contributed by atoms with Crippen LogP contribution in [-0.2, 0) is 6.42 Å². The zero-order valence-electron chi connectivity index (χ0n) is 8.72. The van der Waals surface area contributed by atoms with Crippen molar-refractivity contribution in [2.75, 3.05) is 6.54 Å². The molecule has 1 aromatic heterocycles. The SMILES string of the molecule is O=C(NCCc1ccccc1)c1cnoc1. The van der Waals surface area contributed by atoms with E-state index < -0.39 is 0 Å². The summed E-state index contributed by atoms with van der Waals surface area (Å²) in [5, 5.41) is 6.27. The van der Waals surface area contributed by atoms with Gasteiger partial charge in [0, 0.05) is 6.54 Å². The van der Waals surface area contributed by atoms with E-state index in [1.807, 2.05) is 30.3 Å². The van der Waals surface area contributed by atoms with Crippen molar-refractivity contribution in [3.05, 3.63) is 53.9 Å². The van der Waals surface area contributed by atoms with E-state index in [-0.39, 0.29) is 5.91 Å². The monoisotopic (exact) mass is 216 g/mol. The predicted molar refractivity (Wildman–Crippen MR) is 59.0 cm³/mol. The largest absolute Gasteiger partial charge is 0.364 e. The van der Waals surface area contributed by atoms with Crippen molar-refractivity contribution in [1.82, 2.24) is 10.5 Å². The number of nitrogens with one attached hydrogen (secondary N) is 1. The maximum Gasteiger partial charge on any atom is 0.256 e. The number of rotatable bonds is 4. The standard InChI is InChI=1S/C12H12N2O2/c15-12(11-8-14-16-9-11)13-7-6-10-4-2-1-3-5-10/h1-5,8-9H,6-7H2,(H,13,15). The first-order valence-corrected chi connectivity index (χ1v) is 5.08. The molecule has 4 nitrogen and oxygen atoms in total. The van der Waals surface area contributed by atoms with Crippen LogP contribution in [0.3, 0.4) is 0 Å². The molecule has 0 aliphatic rings. The van der Waals surface area contributed by atoms with Gasteiger partial charge in [0.1, 0.15) is 6.26 Å². The molecule has 0 unspecified atom stereocenters. The minimum atomic E-state index is -0.155. The van der Waals surface area contributed by atoms with E-state index >= 15 is 0 Å². The molecule has 0 saturated heterocycles. The van der Waals surface area contributed by atoms with Gasteiger partial charge in [0.25, 0.3) is 5.91 Å². The van der Waals surface area contributed by atoms with E-state index in [2.05, 4.69) is 15.0 Å². The van der Waals surface area contributed by atoms with Crippen LogP contribution in [0.2, 0.25) is 0 Å². The molecule has 0 bridgehead atoms. The van der Waals surface area contributed by atoms with Crippen molar-refractivity contribution < 1.29 is 9.32 Å². The Hall–Kier alpha value is -2.10. The van der Waals surface area contributed by atoms with Crippen LogP contribution in [0, 0.1) is 0 Å². The van der Waals surface area contributed by atoms with Crippen LogP contribution in [0.15, 0.2) is 47.3 Å². The zero-order chi connectivity index (χ0) is 11.2. The third-order valence-electron chi connectivity index (χ3n) is 2.24. The Bertz CT molecular complexity index is 437. The van der Waals surface area contributed by atoms with E-state index in [1.54, 1.807) is 0 Å². The summed E-state index contributed by atoms with van der Waals surface area (Å²) in [7, 11) is 0. The van der Waals surface area contributed by atoms with Crippen molar-refractivity contribution in [1.29, 1.82) is 0 Å². The smallest absolute Gasteiger partial charge is 0.256 e. The first-order chi connectivity index (χ1) is 7.86. The van der Waals surface area contributed by atoms with Crippen molar-refractivity contribution >= 4 is 5.91 Å². The lowest BCUT2D eigenvalue weighted by molar-refractivity contribution is 0.0953. The van der Waals surface area contributed by atoms with Crippen LogP contribution in [-0.4, -0.2) is 17.6 Å². The number of amides is 1. The van der Waals surface area contributed by atoms with Crippen LogP contribution in [0.25, 0.3) is 0 Å². The molecular weight excluding hydrogens is 204 g/mol. The summed E-state index contributed by atoms with van der Waals surface area (Å²) in [5.74, 6) is -0.155. The molecule has 0 atom stereocenters. The van der Waals surface area contributed by atoms with E-state index in [0.29, 0.717) is 12.1 Å². The fourth-order valence-corrected chi connectivity index (χ4v) is 1.38. The Morgan fingerprint density at radius 1 is 1.31 bits per heavy atom. The Kier molecular flexibility index (Phi) is 3.33. The maximum absolute atomic E-state index is 11.5. The Morgan fingerprint density at radius 3 is 2.81 bits per heavy atom. The number of hydrogen-bond donors (Lipinski definition) is 1. The average molecular weight is 216 g/mol. The Labute approximate surface area is 93.3 Å². The van der Waals surface area contributed by atoms with Gasteiger partial charge in [-0.15, -0.1) is 0 Å². The Balaban J connectivity index is 1.79. The molecule has 82 valence electrons. The molecule has 2 aromatic rings. The van der Waals surface area contributed by atoms with Gasteiger partial charge in [-0.2, -0.15) is 0 Å². The van der Waals surface area contributed by atoms with E-state index in [9.17, 15) is 4.79 Å². The van der Waals surface area contributed by atoms with Gasteiger partial charge < -0.3 is 9.84 Å². The van der Waals surface area contributed by atoms with Crippen molar-refractivity contribution in [2.24, 2.45) is 0 Å². The van der Waals surface area contributed by atoms with Gasteiger partial charge in [-0.3, -0.25) is 4.79 Å². The van der Waals surface area contributed by atoms with Crippen molar-refractivity contribution in [3.8, 4) is 0 Å². The molecule has 0 radical (unpaired) electrons. The summed E-state index contributed by atoms with van der Waals surface area (Å²) in [6, 6.07) is 10.0. The normalized spacial score (nSPS) is 10.0. The van der Waals surface area contributed by atoms with Gasteiger partial charge in [0.05, 0.1) is 11.8 Å². The number of nitrogens with zero attached hydrogens (tertiary/aromatic N) is 1. The molecular formula is C12H12N2O2. The number of benzene rings is 1. The summed E-state index contributed by atoms with van der Waals surface area (Å²) in [5.41, 5.74) is 1.65. The quantitative estimate of drug-likeness (QED) is 0.845. The molecule has 4 heteroatoms. The maximum atomic E-state index is 11.5. The average Bonchev–Trinajstić information content (AvgIpc) is 2.84. The van der Waals surface area contributed by atoms with Gasteiger partial charge in [-0.1, -0.05) is 35.5 Å². The summed E-state index contributed by atoms with van der Waals surface area (Å²) >= 11 is 0. The predicted octanol–water partition coefficient (Wildman–Crippen LogP) is 1.65. The topological polar surface area (TPSA) is 55.1 Å². The summed E-state index contributed by atoms with van der Waals surface area (Å²) in [6.07, 6.45) is 3.55. The highest BCUT2D eigenvalue weighted by atomic mass is 16.5. The molecule has 0 aliphatic heterocycles. The lowest BCUT2D eigenvalue weighted by Gasteiger charge is -2.02. The van der Waals surface area contributed by atoms with Crippen molar-refractivity contribution in [2.45, 2.75) is 6.42 Å². The fourth-order valence-electron chi connectivity index (χ4n) is 1.38. The van der Waals surface area contributed by atoms with Crippen LogP contribution in [0.4, 0.5) is 0 Å². The summed E-state index contributed by atoms with van der Waals surface area (Å²) in [6.45, 7) is 0.605. The second-order valence-electron chi connectivity index (χ2n) is 3.40. The highest BCUT2D eigenvalue weighted by Crippen LogP contribution is 1.99. The van der Waals surface area contributed by atoms with E-state index in [0.717, 1.165) is 6.42 Å². The number of carbonyl (C=O) groups excluding carboxylic acids is 1. The number of hydrogen-bond acceptors (Lipinski definition) is 3. The summed E-state index contributed by atoms with van der Waals surface area (Å²) in [4.78, 5) is 11.5. The minimum absolute atomic E-state index is 0.155. The van der Waals surface area contributed by atoms with Crippen LogP contribution in [0.5, 0.6) is 0 Å². The summed E-state index contributed by atoms with van der Waals surface area (Å²) < 4.78 is 4.59. The van der Waals surface area contributed by atoms with Crippen LogP contribution >= 0.6 is 0 Å². The van der Waals surface area contributed by atoms with E-state index in [4.69, 9.17) is 0 Å². The molecule has 1 amide bonds. The lowest BCUT2D eigenvalue weighted by Crippen LogP contribution is -2.25. The van der Waals surface area contributed by atoms with Crippen LogP contribution in [0.1, 0.15) is 15.9 Å². The molecule has 16 heavy (non-hydrogen) atoms. The number of carbonyl (C=O) groups is 1. The van der Waals surface area contributed by atoms with Crippen LogP contribution < -0.4 is 5.32 Å². The van der Waals surface area contributed by atoms with Gasteiger partial charge in [0.2, 0.25) is 0 Å². The molecule has 0 aliphatic carbocycles. The number of aromatic nitrogens is 1. The lowest BCUT2D eigenvalue weighted by atomic mass is 10.1.